The largest absolute Gasteiger partial charge is 0.459 e. The lowest BCUT2D eigenvalue weighted by molar-refractivity contribution is -0.137. The zero-order valence-electron chi connectivity index (χ0n) is 16.9. The molecule has 1 aliphatic heterocycles. The normalized spacial score (nSPS) is 18.9. The van der Waals surface area contributed by atoms with Gasteiger partial charge >= 0.3 is 5.97 Å². The summed E-state index contributed by atoms with van der Waals surface area (Å²) in [6, 6.07) is 8.03. The van der Waals surface area contributed by atoms with Gasteiger partial charge in [0.25, 0.3) is 11.8 Å². The molecule has 1 aromatic heterocycles. The minimum absolute atomic E-state index is 0.174. The Balaban J connectivity index is 1.60. The smallest absolute Gasteiger partial charge is 0.338 e. The summed E-state index contributed by atoms with van der Waals surface area (Å²) >= 11 is 0. The molecule has 1 aliphatic rings. The first kappa shape index (κ1) is 20.6. The summed E-state index contributed by atoms with van der Waals surface area (Å²) in [6.45, 7) is 7.14. The van der Waals surface area contributed by atoms with E-state index in [9.17, 15) is 14.4 Å². The minimum Gasteiger partial charge on any atom is -0.459 e. The number of esters is 1. The number of anilines is 1. The fourth-order valence-corrected chi connectivity index (χ4v) is 3.64. The van der Waals surface area contributed by atoms with Crippen molar-refractivity contribution in [2.45, 2.75) is 27.2 Å². The Morgan fingerprint density at radius 3 is 2.55 bits per heavy atom. The highest BCUT2D eigenvalue weighted by Crippen LogP contribution is 2.21. The van der Waals surface area contributed by atoms with E-state index in [0.29, 0.717) is 30.6 Å². The van der Waals surface area contributed by atoms with Crippen molar-refractivity contribution in [1.82, 2.24) is 4.90 Å². The molecule has 2 atom stereocenters. The predicted molar refractivity (Wildman–Crippen MR) is 108 cm³/mol. The highest BCUT2D eigenvalue weighted by Gasteiger charge is 2.26. The molecule has 1 aromatic carbocycles. The average Bonchev–Trinajstić information content (AvgIpc) is 3.21. The Hall–Kier alpha value is -3.09. The number of likely N-dealkylation sites (tertiary alicyclic amines) is 1. The first-order valence-corrected chi connectivity index (χ1v) is 9.74. The lowest BCUT2D eigenvalue weighted by Crippen LogP contribution is -2.44. The molecule has 0 bridgehead atoms. The van der Waals surface area contributed by atoms with E-state index >= 15 is 0 Å². The summed E-state index contributed by atoms with van der Waals surface area (Å²) in [7, 11) is 0. The van der Waals surface area contributed by atoms with Crippen LogP contribution in [0.2, 0.25) is 0 Å². The molecule has 2 heterocycles. The third-order valence-corrected chi connectivity index (χ3v) is 5.01. The van der Waals surface area contributed by atoms with Crippen LogP contribution >= 0.6 is 0 Å². The maximum absolute atomic E-state index is 12.4. The van der Waals surface area contributed by atoms with Gasteiger partial charge in [-0.2, -0.15) is 0 Å². The van der Waals surface area contributed by atoms with Crippen molar-refractivity contribution in [3.8, 4) is 0 Å². The van der Waals surface area contributed by atoms with E-state index in [1.54, 1.807) is 29.2 Å². The van der Waals surface area contributed by atoms with Crippen molar-refractivity contribution < 1.29 is 23.5 Å². The number of carbonyl (C=O) groups is 3. The van der Waals surface area contributed by atoms with Crippen molar-refractivity contribution in [2.75, 3.05) is 25.0 Å². The Bertz CT molecular complexity index is 881. The van der Waals surface area contributed by atoms with Crippen LogP contribution in [0, 0.1) is 18.8 Å². The van der Waals surface area contributed by atoms with Gasteiger partial charge in [-0.25, -0.2) is 4.79 Å². The van der Waals surface area contributed by atoms with Crippen molar-refractivity contribution in [3.05, 3.63) is 53.5 Å². The molecule has 0 spiro atoms. The maximum Gasteiger partial charge on any atom is 0.338 e. The third kappa shape index (κ3) is 5.25. The van der Waals surface area contributed by atoms with Gasteiger partial charge in [0.2, 0.25) is 0 Å². The van der Waals surface area contributed by atoms with Gasteiger partial charge < -0.3 is 19.4 Å². The molecule has 1 saturated heterocycles. The summed E-state index contributed by atoms with van der Waals surface area (Å²) in [5.74, 6) is -0.146. The number of rotatable bonds is 5. The first-order valence-electron chi connectivity index (χ1n) is 9.74. The van der Waals surface area contributed by atoms with E-state index in [1.165, 1.54) is 12.3 Å². The van der Waals surface area contributed by atoms with Gasteiger partial charge in [0.1, 0.15) is 0 Å². The van der Waals surface area contributed by atoms with Crippen LogP contribution in [0.4, 0.5) is 5.69 Å². The molecular formula is C22H26N2O5. The van der Waals surface area contributed by atoms with Gasteiger partial charge in [0, 0.05) is 18.8 Å². The number of benzene rings is 1. The van der Waals surface area contributed by atoms with Gasteiger partial charge in [-0.15, -0.1) is 0 Å². The van der Waals surface area contributed by atoms with Crippen LogP contribution in [-0.4, -0.2) is 42.4 Å². The fraction of sp³-hybridized carbons (Fsp3) is 0.409. The molecule has 0 radical (unpaired) electrons. The number of aryl methyl sites for hydroxylation is 1. The second kappa shape index (κ2) is 8.94. The highest BCUT2D eigenvalue weighted by molar-refractivity contribution is 6.03. The summed E-state index contributed by atoms with van der Waals surface area (Å²) < 4.78 is 10.3. The van der Waals surface area contributed by atoms with Crippen molar-refractivity contribution in [2.24, 2.45) is 11.8 Å². The standard InChI is InChI=1S/C22H26N2O5/c1-14-9-15(2)12-24(11-14)20(25)13-29-22(27)17-7-6-16(3)18(10-17)23-21(26)19-5-4-8-28-19/h4-8,10,14-15H,9,11-13H2,1-3H3,(H,23,26). The third-order valence-electron chi connectivity index (χ3n) is 5.01. The Morgan fingerprint density at radius 1 is 1.17 bits per heavy atom. The SMILES string of the molecule is Cc1ccc(C(=O)OCC(=O)N2CC(C)CC(C)C2)cc1NC(=O)c1ccco1. The molecule has 7 nitrogen and oxygen atoms in total. The van der Waals surface area contributed by atoms with Crippen LogP contribution in [-0.2, 0) is 9.53 Å². The average molecular weight is 398 g/mol. The number of ether oxygens (including phenoxy) is 1. The number of piperidine rings is 1. The molecular weight excluding hydrogens is 372 g/mol. The highest BCUT2D eigenvalue weighted by atomic mass is 16.5. The van der Waals surface area contributed by atoms with E-state index in [4.69, 9.17) is 9.15 Å². The van der Waals surface area contributed by atoms with E-state index < -0.39 is 11.9 Å². The fourth-order valence-electron chi connectivity index (χ4n) is 3.64. The molecule has 2 amide bonds. The quantitative estimate of drug-likeness (QED) is 0.779. The van der Waals surface area contributed by atoms with E-state index in [2.05, 4.69) is 19.2 Å². The van der Waals surface area contributed by atoms with Crippen LogP contribution in [0.5, 0.6) is 0 Å². The monoisotopic (exact) mass is 398 g/mol. The summed E-state index contributed by atoms with van der Waals surface area (Å²) in [6.07, 6.45) is 2.51. The van der Waals surface area contributed by atoms with Crippen molar-refractivity contribution >= 4 is 23.5 Å². The number of furan rings is 1. The number of nitrogens with one attached hydrogen (secondary N) is 1. The zero-order valence-corrected chi connectivity index (χ0v) is 16.9. The summed E-state index contributed by atoms with van der Waals surface area (Å²) in [5.41, 5.74) is 1.53. The van der Waals surface area contributed by atoms with Gasteiger partial charge in [-0.05, 0) is 55.0 Å². The zero-order chi connectivity index (χ0) is 21.0. The molecule has 0 saturated carbocycles. The topological polar surface area (TPSA) is 88.9 Å². The molecule has 29 heavy (non-hydrogen) atoms. The molecule has 2 aromatic rings. The van der Waals surface area contributed by atoms with Gasteiger partial charge in [0.05, 0.1) is 11.8 Å². The number of nitrogens with zero attached hydrogens (tertiary/aromatic N) is 1. The van der Waals surface area contributed by atoms with E-state index in [0.717, 1.165) is 12.0 Å². The number of carbonyl (C=O) groups excluding carboxylic acids is 3. The second-order valence-corrected chi connectivity index (χ2v) is 7.78. The first-order chi connectivity index (χ1) is 13.8. The predicted octanol–water partition coefficient (Wildman–Crippen LogP) is 3.50. The maximum atomic E-state index is 12.4. The molecule has 0 aliphatic carbocycles. The van der Waals surface area contributed by atoms with Crippen LogP contribution in [0.3, 0.4) is 0 Å². The van der Waals surface area contributed by atoms with Crippen molar-refractivity contribution in [1.29, 1.82) is 0 Å². The molecule has 7 heteroatoms. The van der Waals surface area contributed by atoms with Crippen LogP contribution in [0.15, 0.2) is 41.0 Å². The van der Waals surface area contributed by atoms with Gasteiger partial charge in [-0.3, -0.25) is 9.59 Å². The molecule has 2 unspecified atom stereocenters. The molecule has 154 valence electrons. The lowest BCUT2D eigenvalue weighted by atomic mass is 9.92. The van der Waals surface area contributed by atoms with Gasteiger partial charge in [0.15, 0.2) is 12.4 Å². The van der Waals surface area contributed by atoms with Crippen LogP contribution in [0.1, 0.15) is 46.7 Å². The second-order valence-electron chi connectivity index (χ2n) is 7.78. The van der Waals surface area contributed by atoms with Gasteiger partial charge in [-0.1, -0.05) is 19.9 Å². The number of hydrogen-bond acceptors (Lipinski definition) is 5. The Labute approximate surface area is 170 Å². The Kier molecular flexibility index (Phi) is 6.36. The van der Waals surface area contributed by atoms with Crippen LogP contribution < -0.4 is 5.32 Å². The molecule has 1 fully saturated rings. The minimum atomic E-state index is -0.607. The molecule has 1 N–H and O–H groups in total. The molecule has 3 rings (SSSR count). The van der Waals surface area contributed by atoms with Crippen LogP contribution in [0.25, 0.3) is 0 Å². The lowest BCUT2D eigenvalue weighted by Gasteiger charge is -2.34. The summed E-state index contributed by atoms with van der Waals surface area (Å²) in [5, 5.41) is 2.72. The van der Waals surface area contributed by atoms with Crippen molar-refractivity contribution in [3.63, 3.8) is 0 Å². The number of amides is 2. The Morgan fingerprint density at radius 2 is 1.90 bits per heavy atom. The van der Waals surface area contributed by atoms with E-state index in [1.807, 2.05) is 6.92 Å². The summed E-state index contributed by atoms with van der Waals surface area (Å²) in [4.78, 5) is 38.8. The van der Waals surface area contributed by atoms with E-state index in [-0.39, 0.29) is 23.8 Å². The number of hydrogen-bond donors (Lipinski definition) is 1.